The lowest BCUT2D eigenvalue weighted by atomic mass is 9.95. The molecule has 3 heterocycles. The van der Waals surface area contributed by atoms with Crippen LogP contribution in [0.2, 0.25) is 0 Å². The van der Waals surface area contributed by atoms with Crippen LogP contribution in [-0.2, 0) is 6.42 Å². The molecule has 3 rings (SSSR count). The van der Waals surface area contributed by atoms with E-state index in [0.29, 0.717) is 16.4 Å². The Morgan fingerprint density at radius 1 is 1.26 bits per heavy atom. The zero-order valence-electron chi connectivity index (χ0n) is 11.3. The van der Waals surface area contributed by atoms with Crippen LogP contribution < -0.4 is 5.32 Å². The monoisotopic (exact) mass is 299 g/mol. The van der Waals surface area contributed by atoms with Crippen molar-refractivity contribution in [3.05, 3.63) is 11.7 Å². The van der Waals surface area contributed by atoms with Crippen molar-refractivity contribution in [2.24, 2.45) is 5.92 Å². The Hall–Kier alpha value is -0.200. The Kier molecular flexibility index (Phi) is 4.71. The van der Waals surface area contributed by atoms with Crippen molar-refractivity contribution in [3.63, 3.8) is 0 Å². The van der Waals surface area contributed by atoms with Gasteiger partial charge in [-0.25, -0.2) is 0 Å². The second kappa shape index (κ2) is 6.50. The van der Waals surface area contributed by atoms with Gasteiger partial charge in [-0.1, -0.05) is 12.1 Å². The maximum atomic E-state index is 5.46. The normalized spacial score (nSPS) is 29.5. The van der Waals surface area contributed by atoms with E-state index in [0.717, 1.165) is 31.2 Å². The Labute approximate surface area is 122 Å². The zero-order valence-corrected chi connectivity index (χ0v) is 12.9. The van der Waals surface area contributed by atoms with Crippen molar-refractivity contribution in [1.29, 1.82) is 0 Å². The first kappa shape index (κ1) is 13.8. The third-order valence-corrected chi connectivity index (χ3v) is 6.93. The highest BCUT2D eigenvalue weighted by Crippen LogP contribution is 2.41. The van der Waals surface area contributed by atoms with Crippen molar-refractivity contribution < 1.29 is 4.52 Å². The van der Waals surface area contributed by atoms with Crippen molar-refractivity contribution in [2.45, 2.75) is 36.7 Å². The van der Waals surface area contributed by atoms with Gasteiger partial charge in [-0.2, -0.15) is 16.7 Å². The van der Waals surface area contributed by atoms with Crippen molar-refractivity contribution in [1.82, 2.24) is 15.5 Å². The Balaban J connectivity index is 1.61. The molecule has 1 aromatic heterocycles. The predicted molar refractivity (Wildman–Crippen MR) is 80.7 cm³/mol. The van der Waals surface area contributed by atoms with Crippen LogP contribution in [0.1, 0.15) is 36.7 Å². The minimum absolute atomic E-state index is 0.407. The van der Waals surface area contributed by atoms with E-state index in [1.165, 1.54) is 24.3 Å². The first-order valence-electron chi connectivity index (χ1n) is 7.09. The van der Waals surface area contributed by atoms with Gasteiger partial charge in [0, 0.05) is 23.2 Å². The number of hydrogen-bond acceptors (Lipinski definition) is 6. The molecule has 2 unspecified atom stereocenters. The van der Waals surface area contributed by atoms with E-state index in [4.69, 9.17) is 4.52 Å². The molecule has 0 spiro atoms. The fourth-order valence-electron chi connectivity index (χ4n) is 2.72. The molecule has 0 aromatic carbocycles. The van der Waals surface area contributed by atoms with Gasteiger partial charge < -0.3 is 9.84 Å². The van der Waals surface area contributed by atoms with Crippen LogP contribution in [0.4, 0.5) is 0 Å². The molecule has 0 bridgehead atoms. The van der Waals surface area contributed by atoms with Gasteiger partial charge in [-0.15, -0.1) is 11.8 Å². The average Bonchev–Trinajstić information content (AvgIpc) is 2.89. The van der Waals surface area contributed by atoms with Crippen LogP contribution in [-0.4, -0.2) is 40.0 Å². The lowest BCUT2D eigenvalue weighted by molar-refractivity contribution is 0.312. The molecule has 2 saturated heterocycles. The average molecular weight is 299 g/mol. The van der Waals surface area contributed by atoms with Gasteiger partial charge in [0.1, 0.15) is 0 Å². The molecule has 2 atom stereocenters. The lowest BCUT2D eigenvalue weighted by Crippen LogP contribution is -2.28. The van der Waals surface area contributed by atoms with Crippen molar-refractivity contribution in [2.75, 3.05) is 24.6 Å². The topological polar surface area (TPSA) is 51.0 Å². The Morgan fingerprint density at radius 3 is 2.84 bits per heavy atom. The maximum absolute atomic E-state index is 5.46. The molecule has 19 heavy (non-hydrogen) atoms. The summed E-state index contributed by atoms with van der Waals surface area (Å²) in [5, 5.41) is 8.60. The summed E-state index contributed by atoms with van der Waals surface area (Å²) in [7, 11) is 0. The number of rotatable bonds is 3. The molecule has 0 aliphatic carbocycles. The molecule has 2 aliphatic heterocycles. The summed E-state index contributed by atoms with van der Waals surface area (Å²) in [6, 6.07) is 0. The molecule has 1 aromatic rings. The number of piperidine rings is 1. The molecule has 106 valence electrons. The SMILES string of the molecule is CC1SCCSC1c1noc(CC2CCNCC2)n1. The maximum Gasteiger partial charge on any atom is 0.226 e. The number of aromatic nitrogens is 2. The van der Waals surface area contributed by atoms with Crippen molar-refractivity contribution in [3.8, 4) is 0 Å². The fourth-order valence-corrected chi connectivity index (χ4v) is 5.40. The van der Waals surface area contributed by atoms with Gasteiger partial charge in [0.15, 0.2) is 5.82 Å². The molecule has 0 radical (unpaired) electrons. The summed E-state index contributed by atoms with van der Waals surface area (Å²) >= 11 is 3.98. The van der Waals surface area contributed by atoms with Gasteiger partial charge in [0.25, 0.3) is 0 Å². The molecule has 0 amide bonds. The van der Waals surface area contributed by atoms with Crippen LogP contribution in [0.25, 0.3) is 0 Å². The lowest BCUT2D eigenvalue weighted by Gasteiger charge is -2.24. The molecule has 4 nitrogen and oxygen atoms in total. The Morgan fingerprint density at radius 2 is 2.05 bits per heavy atom. The van der Waals surface area contributed by atoms with Crippen LogP contribution >= 0.6 is 23.5 Å². The quantitative estimate of drug-likeness (QED) is 0.925. The standard InChI is InChI=1S/C13H21N3OS2/c1-9-12(19-7-6-18-9)13-15-11(17-16-13)8-10-2-4-14-5-3-10/h9-10,12,14H,2-8H2,1H3. The smallest absolute Gasteiger partial charge is 0.226 e. The second-order valence-electron chi connectivity index (χ2n) is 5.31. The minimum atomic E-state index is 0.407. The number of thioether (sulfide) groups is 2. The van der Waals surface area contributed by atoms with E-state index < -0.39 is 0 Å². The summed E-state index contributed by atoms with van der Waals surface area (Å²) in [5.41, 5.74) is 0. The van der Waals surface area contributed by atoms with Crippen molar-refractivity contribution >= 4 is 23.5 Å². The van der Waals surface area contributed by atoms with Gasteiger partial charge >= 0.3 is 0 Å². The highest BCUT2D eigenvalue weighted by atomic mass is 32.2. The first-order chi connectivity index (χ1) is 9.33. The van der Waals surface area contributed by atoms with E-state index in [1.54, 1.807) is 0 Å². The second-order valence-corrected chi connectivity index (χ2v) is 8.05. The first-order valence-corrected chi connectivity index (χ1v) is 9.19. The van der Waals surface area contributed by atoms with E-state index in [1.807, 2.05) is 23.5 Å². The van der Waals surface area contributed by atoms with Gasteiger partial charge in [0.05, 0.1) is 5.25 Å². The van der Waals surface area contributed by atoms with E-state index in [2.05, 4.69) is 22.4 Å². The summed E-state index contributed by atoms with van der Waals surface area (Å²) < 4.78 is 5.46. The highest BCUT2D eigenvalue weighted by Gasteiger charge is 2.28. The van der Waals surface area contributed by atoms with Crippen LogP contribution in [0.5, 0.6) is 0 Å². The highest BCUT2D eigenvalue weighted by molar-refractivity contribution is 8.06. The van der Waals surface area contributed by atoms with Crippen LogP contribution in [0.15, 0.2) is 4.52 Å². The van der Waals surface area contributed by atoms with Crippen LogP contribution in [0, 0.1) is 5.92 Å². The van der Waals surface area contributed by atoms with Gasteiger partial charge in [-0.3, -0.25) is 0 Å². The van der Waals surface area contributed by atoms with Crippen LogP contribution in [0.3, 0.4) is 0 Å². The molecule has 0 saturated carbocycles. The fraction of sp³-hybridized carbons (Fsp3) is 0.846. The number of hydrogen-bond donors (Lipinski definition) is 1. The summed E-state index contributed by atoms with van der Waals surface area (Å²) in [6.45, 7) is 4.51. The number of nitrogens with one attached hydrogen (secondary N) is 1. The van der Waals surface area contributed by atoms with E-state index in [9.17, 15) is 0 Å². The molecule has 6 heteroatoms. The van der Waals surface area contributed by atoms with E-state index in [-0.39, 0.29) is 0 Å². The predicted octanol–water partition coefficient (Wildman–Crippen LogP) is 2.52. The summed E-state index contributed by atoms with van der Waals surface area (Å²) in [4.78, 5) is 4.65. The minimum Gasteiger partial charge on any atom is -0.339 e. The summed E-state index contributed by atoms with van der Waals surface area (Å²) in [5.74, 6) is 4.89. The van der Waals surface area contributed by atoms with E-state index >= 15 is 0 Å². The molecule has 2 fully saturated rings. The Bertz CT molecular complexity index is 406. The zero-order chi connectivity index (χ0) is 13.1. The molecule has 1 N–H and O–H groups in total. The molecular weight excluding hydrogens is 278 g/mol. The van der Waals surface area contributed by atoms with Gasteiger partial charge in [0.2, 0.25) is 5.89 Å². The largest absolute Gasteiger partial charge is 0.339 e. The van der Waals surface area contributed by atoms with Gasteiger partial charge in [-0.05, 0) is 31.8 Å². The molecule has 2 aliphatic rings. The summed E-state index contributed by atoms with van der Waals surface area (Å²) in [6.07, 6.45) is 3.40. The third-order valence-electron chi connectivity index (χ3n) is 3.85. The number of nitrogens with zero attached hydrogens (tertiary/aromatic N) is 2. The molecular formula is C13H21N3OS2. The third kappa shape index (κ3) is 3.47.